The molecule has 0 heterocycles. The van der Waals surface area contributed by atoms with Crippen LogP contribution in [0.5, 0.6) is 0 Å². The number of hydrogen-bond acceptors (Lipinski definition) is 3. The van der Waals surface area contributed by atoms with Crippen molar-refractivity contribution in [2.75, 3.05) is 6.61 Å². The summed E-state index contributed by atoms with van der Waals surface area (Å²) in [5, 5.41) is 14.1. The Morgan fingerprint density at radius 3 is 2.65 bits per heavy atom. The second-order valence-corrected chi connectivity index (χ2v) is 5.47. The smallest absolute Gasteiger partial charge is 0.327 e. The quantitative estimate of drug-likeness (QED) is 0.633. The first-order valence-electron chi connectivity index (χ1n) is 6.67. The molecule has 0 aromatic carbocycles. The van der Waals surface area contributed by atoms with Crippen LogP contribution in [0.3, 0.4) is 0 Å². The van der Waals surface area contributed by atoms with Gasteiger partial charge in [0.15, 0.2) is 0 Å². The number of terminal acetylenes is 1. The molecule has 112 valence electrons. The highest BCUT2D eigenvalue weighted by molar-refractivity contribution is 5.83. The SMILES string of the molecule is C#CCC(NC(=O)NC1CC(OCC)C1(C)C)C(=O)O. The van der Waals surface area contributed by atoms with Crippen LogP contribution in [0.4, 0.5) is 4.79 Å². The third kappa shape index (κ3) is 3.64. The average Bonchev–Trinajstić information content (AvgIpc) is 2.37. The van der Waals surface area contributed by atoms with Crippen molar-refractivity contribution in [2.45, 2.75) is 51.8 Å². The number of amides is 2. The Morgan fingerprint density at radius 1 is 1.55 bits per heavy atom. The van der Waals surface area contributed by atoms with Crippen LogP contribution < -0.4 is 10.6 Å². The molecule has 0 saturated heterocycles. The minimum absolute atomic E-state index is 0.0423. The molecule has 2 amide bonds. The molecule has 1 fully saturated rings. The van der Waals surface area contributed by atoms with Gasteiger partial charge >= 0.3 is 12.0 Å². The molecule has 3 N–H and O–H groups in total. The van der Waals surface area contributed by atoms with Crippen LogP contribution in [0.2, 0.25) is 0 Å². The molecule has 0 radical (unpaired) electrons. The summed E-state index contributed by atoms with van der Waals surface area (Å²) in [5.74, 6) is 1.09. The van der Waals surface area contributed by atoms with E-state index in [1.165, 1.54) is 0 Å². The van der Waals surface area contributed by atoms with Gasteiger partial charge in [0.25, 0.3) is 0 Å². The van der Waals surface area contributed by atoms with Gasteiger partial charge in [0.1, 0.15) is 6.04 Å². The number of carboxylic acids is 1. The Bertz CT molecular complexity index is 414. The maximum Gasteiger partial charge on any atom is 0.327 e. The fraction of sp³-hybridized carbons (Fsp3) is 0.714. The maximum atomic E-state index is 11.8. The Labute approximate surface area is 119 Å². The van der Waals surface area contributed by atoms with Crippen LogP contribution in [0, 0.1) is 17.8 Å². The van der Waals surface area contributed by atoms with Crippen molar-refractivity contribution in [3.8, 4) is 12.3 Å². The van der Waals surface area contributed by atoms with E-state index in [1.807, 2.05) is 20.8 Å². The van der Waals surface area contributed by atoms with Crippen molar-refractivity contribution in [2.24, 2.45) is 5.41 Å². The molecule has 0 aromatic heterocycles. The zero-order valence-corrected chi connectivity index (χ0v) is 12.1. The van der Waals surface area contributed by atoms with E-state index in [0.717, 1.165) is 6.42 Å². The number of rotatable bonds is 6. The molecule has 1 aliphatic carbocycles. The summed E-state index contributed by atoms with van der Waals surface area (Å²) < 4.78 is 5.57. The highest BCUT2D eigenvalue weighted by Crippen LogP contribution is 2.42. The molecule has 6 nitrogen and oxygen atoms in total. The third-order valence-electron chi connectivity index (χ3n) is 3.78. The van der Waals surface area contributed by atoms with Gasteiger partial charge in [0.05, 0.1) is 6.10 Å². The van der Waals surface area contributed by atoms with Gasteiger partial charge in [0.2, 0.25) is 0 Å². The Morgan fingerprint density at radius 2 is 2.20 bits per heavy atom. The highest BCUT2D eigenvalue weighted by atomic mass is 16.5. The second kappa shape index (κ2) is 6.62. The number of ether oxygens (including phenoxy) is 1. The summed E-state index contributed by atoms with van der Waals surface area (Å²) in [6.45, 7) is 6.59. The second-order valence-electron chi connectivity index (χ2n) is 5.47. The van der Waals surface area contributed by atoms with Gasteiger partial charge < -0.3 is 20.5 Å². The monoisotopic (exact) mass is 282 g/mol. The lowest BCUT2D eigenvalue weighted by Crippen LogP contribution is -2.64. The summed E-state index contributed by atoms with van der Waals surface area (Å²) in [5.41, 5.74) is -0.168. The normalized spacial score (nSPS) is 24.9. The Balaban J connectivity index is 2.48. The number of hydrogen-bond donors (Lipinski definition) is 3. The number of nitrogens with one attached hydrogen (secondary N) is 2. The molecule has 6 heteroatoms. The maximum absolute atomic E-state index is 11.8. The van der Waals surface area contributed by atoms with E-state index in [9.17, 15) is 9.59 Å². The van der Waals surface area contributed by atoms with Gasteiger partial charge in [-0.2, -0.15) is 0 Å². The van der Waals surface area contributed by atoms with Gasteiger partial charge in [-0.1, -0.05) is 13.8 Å². The molecule has 20 heavy (non-hydrogen) atoms. The van der Waals surface area contributed by atoms with Gasteiger partial charge in [-0.15, -0.1) is 12.3 Å². The van der Waals surface area contributed by atoms with Crippen molar-refractivity contribution in [1.29, 1.82) is 0 Å². The fourth-order valence-corrected chi connectivity index (χ4v) is 2.29. The predicted molar refractivity (Wildman–Crippen MR) is 74.1 cm³/mol. The molecule has 0 spiro atoms. The van der Waals surface area contributed by atoms with E-state index in [4.69, 9.17) is 16.3 Å². The number of aliphatic carboxylic acids is 1. The van der Waals surface area contributed by atoms with Gasteiger partial charge in [-0.3, -0.25) is 0 Å². The summed E-state index contributed by atoms with van der Waals surface area (Å²) in [7, 11) is 0. The summed E-state index contributed by atoms with van der Waals surface area (Å²) in [4.78, 5) is 22.7. The minimum atomic E-state index is -1.14. The molecule has 0 aliphatic heterocycles. The zero-order chi connectivity index (χ0) is 15.3. The number of carbonyl (C=O) groups is 2. The van der Waals surface area contributed by atoms with Crippen molar-refractivity contribution < 1.29 is 19.4 Å². The molecule has 3 unspecified atom stereocenters. The van der Waals surface area contributed by atoms with E-state index in [1.54, 1.807) is 0 Å². The van der Waals surface area contributed by atoms with E-state index in [-0.39, 0.29) is 24.0 Å². The third-order valence-corrected chi connectivity index (χ3v) is 3.78. The number of carboxylic acid groups (broad SMARTS) is 1. The molecular formula is C14H22N2O4. The Kier molecular flexibility index (Phi) is 5.40. The largest absolute Gasteiger partial charge is 0.480 e. The summed E-state index contributed by atoms with van der Waals surface area (Å²) in [6.07, 6.45) is 5.86. The average molecular weight is 282 g/mol. The van der Waals surface area contributed by atoms with E-state index >= 15 is 0 Å². The lowest BCUT2D eigenvalue weighted by Gasteiger charge is -2.51. The van der Waals surface area contributed by atoms with Gasteiger partial charge in [-0.25, -0.2) is 9.59 Å². The van der Waals surface area contributed by atoms with E-state index in [2.05, 4.69) is 16.6 Å². The van der Waals surface area contributed by atoms with Crippen LogP contribution in [0.25, 0.3) is 0 Å². The zero-order valence-electron chi connectivity index (χ0n) is 12.1. The fourth-order valence-electron chi connectivity index (χ4n) is 2.29. The first-order valence-corrected chi connectivity index (χ1v) is 6.67. The topological polar surface area (TPSA) is 87.7 Å². The molecule has 1 rings (SSSR count). The van der Waals surface area contributed by atoms with Crippen LogP contribution >= 0.6 is 0 Å². The van der Waals surface area contributed by atoms with Gasteiger partial charge in [-0.05, 0) is 13.3 Å². The van der Waals surface area contributed by atoms with Crippen LogP contribution in [-0.4, -0.2) is 41.9 Å². The molecule has 0 aromatic rings. The number of carbonyl (C=O) groups excluding carboxylic acids is 1. The molecule has 3 atom stereocenters. The highest BCUT2D eigenvalue weighted by Gasteiger charge is 2.49. The minimum Gasteiger partial charge on any atom is -0.480 e. The van der Waals surface area contributed by atoms with Crippen LogP contribution in [-0.2, 0) is 9.53 Å². The van der Waals surface area contributed by atoms with Gasteiger partial charge in [0, 0.05) is 24.5 Å². The molecular weight excluding hydrogens is 260 g/mol. The standard InChI is InChI=1S/C14H22N2O4/c1-5-7-9(12(17)18)15-13(19)16-10-8-11(20-6-2)14(10,3)4/h1,9-11H,6-8H2,2-4H3,(H,17,18)(H2,15,16,19). The Hall–Kier alpha value is -1.74. The van der Waals surface area contributed by atoms with E-state index in [0.29, 0.717) is 6.61 Å². The lowest BCUT2D eigenvalue weighted by atomic mass is 9.64. The summed E-state index contributed by atoms with van der Waals surface area (Å²) in [6, 6.07) is -1.62. The van der Waals surface area contributed by atoms with E-state index < -0.39 is 18.0 Å². The van der Waals surface area contributed by atoms with Crippen LogP contribution in [0.1, 0.15) is 33.6 Å². The first-order chi connectivity index (χ1) is 9.32. The van der Waals surface area contributed by atoms with Crippen molar-refractivity contribution in [3.63, 3.8) is 0 Å². The molecule has 1 aliphatic rings. The molecule has 0 bridgehead atoms. The van der Waals surface area contributed by atoms with Crippen molar-refractivity contribution in [1.82, 2.24) is 10.6 Å². The lowest BCUT2D eigenvalue weighted by molar-refractivity contribution is -0.139. The van der Waals surface area contributed by atoms with Crippen LogP contribution in [0.15, 0.2) is 0 Å². The first kappa shape index (κ1) is 16.3. The van der Waals surface area contributed by atoms with Crippen molar-refractivity contribution >= 4 is 12.0 Å². The van der Waals surface area contributed by atoms with Crippen molar-refractivity contribution in [3.05, 3.63) is 0 Å². The summed E-state index contributed by atoms with van der Waals surface area (Å²) >= 11 is 0. The number of urea groups is 1. The molecule has 1 saturated carbocycles. The predicted octanol–water partition coefficient (Wildman–Crippen LogP) is 0.966.